The van der Waals surface area contributed by atoms with Gasteiger partial charge in [0.05, 0.1) is 0 Å². The zero-order valence-electron chi connectivity index (χ0n) is 8.72. The Morgan fingerprint density at radius 2 is 1.72 bits per heavy atom. The summed E-state index contributed by atoms with van der Waals surface area (Å²) in [4.78, 5) is 20.6. The highest BCUT2D eigenvalue weighted by molar-refractivity contribution is 9.10. The number of hydrogen-bond acceptors (Lipinski definition) is 6. The van der Waals surface area contributed by atoms with Gasteiger partial charge in [-0.15, -0.1) is 0 Å². The minimum absolute atomic E-state index is 0.154. The summed E-state index contributed by atoms with van der Waals surface area (Å²) in [6, 6.07) is 5.45. The molecule has 0 aliphatic heterocycles. The second-order valence-corrected chi connectivity index (χ2v) is 4.77. The van der Waals surface area contributed by atoms with Crippen LogP contribution >= 0.6 is 15.9 Å². The molecule has 0 saturated carbocycles. The molecule has 86 valence electrons. The van der Waals surface area contributed by atoms with Gasteiger partial charge in [0.25, 0.3) is 0 Å². The molecule has 18 heavy (non-hydrogen) atoms. The molecule has 7 heteroatoms. The third-order valence-corrected chi connectivity index (χ3v) is 3.30. The van der Waals surface area contributed by atoms with Crippen LogP contribution in [0, 0.1) is 0 Å². The van der Waals surface area contributed by atoms with Crippen LogP contribution in [-0.4, -0.2) is 26.1 Å². The van der Waals surface area contributed by atoms with Crippen molar-refractivity contribution in [2.45, 2.75) is 0 Å². The Bertz CT molecular complexity index is 827. The maximum absolute atomic E-state index is 12.2. The van der Waals surface area contributed by atoms with Crippen LogP contribution in [0.4, 0.5) is 0 Å². The van der Waals surface area contributed by atoms with Crippen molar-refractivity contribution in [2.24, 2.45) is 0 Å². The average molecular weight is 303 g/mol. The van der Waals surface area contributed by atoms with Crippen molar-refractivity contribution in [3.63, 3.8) is 0 Å². The summed E-state index contributed by atoms with van der Waals surface area (Å²) in [5.74, 6) is -0.154. The highest BCUT2D eigenvalue weighted by Crippen LogP contribution is 2.36. The normalized spacial score (nSPS) is 12.8. The fourth-order valence-corrected chi connectivity index (χ4v) is 2.38. The molecular weight excluding hydrogens is 300 g/mol. The van der Waals surface area contributed by atoms with Gasteiger partial charge in [-0.3, -0.25) is 4.79 Å². The Kier molecular flexibility index (Phi) is 1.75. The minimum atomic E-state index is -0.154. The quantitative estimate of drug-likeness (QED) is 0.494. The van der Waals surface area contributed by atoms with E-state index in [1.54, 1.807) is 6.07 Å². The van der Waals surface area contributed by atoms with Crippen molar-refractivity contribution < 1.29 is 9.42 Å². The van der Waals surface area contributed by atoms with Gasteiger partial charge >= 0.3 is 0 Å². The summed E-state index contributed by atoms with van der Waals surface area (Å²) in [6.07, 6.45) is 0. The third-order valence-electron chi connectivity index (χ3n) is 2.81. The molecule has 0 atom stereocenters. The van der Waals surface area contributed by atoms with Crippen LogP contribution in [0.25, 0.3) is 22.6 Å². The number of ketones is 1. The van der Waals surface area contributed by atoms with E-state index in [-0.39, 0.29) is 11.4 Å². The lowest BCUT2D eigenvalue weighted by Gasteiger charge is -1.97. The molecule has 2 heterocycles. The molecule has 1 aliphatic rings. The first kappa shape index (κ1) is 9.84. The average Bonchev–Trinajstić information content (AvgIpc) is 2.92. The molecule has 0 fully saturated rings. The predicted molar refractivity (Wildman–Crippen MR) is 64.0 cm³/mol. The smallest absolute Gasteiger partial charge is 0.244 e. The monoisotopic (exact) mass is 302 g/mol. The summed E-state index contributed by atoms with van der Waals surface area (Å²) < 4.78 is 5.38. The topological polar surface area (TPSA) is 81.8 Å². The van der Waals surface area contributed by atoms with Gasteiger partial charge in [0.1, 0.15) is 11.4 Å². The van der Waals surface area contributed by atoms with Crippen molar-refractivity contribution in [1.82, 2.24) is 20.3 Å². The van der Waals surface area contributed by atoms with Gasteiger partial charge in [0, 0.05) is 15.6 Å². The summed E-state index contributed by atoms with van der Waals surface area (Å²) in [7, 11) is 0. The number of hydrogen-bond donors (Lipinski definition) is 0. The number of carbonyl (C=O) groups excluding carboxylic acids is 1. The highest BCUT2D eigenvalue weighted by atomic mass is 79.9. The van der Waals surface area contributed by atoms with Crippen molar-refractivity contribution in [2.75, 3.05) is 0 Å². The van der Waals surface area contributed by atoms with Crippen LogP contribution in [0.5, 0.6) is 0 Å². The lowest BCUT2D eigenvalue weighted by atomic mass is 10.1. The number of fused-ring (bicyclic) bond motifs is 4. The van der Waals surface area contributed by atoms with E-state index in [0.717, 1.165) is 10.0 Å². The fourth-order valence-electron chi connectivity index (χ4n) is 2.02. The maximum atomic E-state index is 12.2. The van der Waals surface area contributed by atoms with E-state index in [1.165, 1.54) is 0 Å². The van der Waals surface area contributed by atoms with Crippen LogP contribution in [0.1, 0.15) is 16.1 Å². The molecule has 1 aliphatic carbocycles. The van der Waals surface area contributed by atoms with Crippen molar-refractivity contribution in [1.29, 1.82) is 0 Å². The number of rotatable bonds is 0. The van der Waals surface area contributed by atoms with Crippen molar-refractivity contribution in [3.05, 3.63) is 33.9 Å². The zero-order valence-corrected chi connectivity index (χ0v) is 10.3. The molecule has 0 radical (unpaired) electrons. The molecule has 0 amide bonds. The molecule has 0 spiro atoms. The Balaban J connectivity index is 2.12. The second kappa shape index (κ2) is 3.20. The van der Waals surface area contributed by atoms with Gasteiger partial charge in [0.15, 0.2) is 0 Å². The highest BCUT2D eigenvalue weighted by Gasteiger charge is 2.31. The number of nitrogens with zero attached hydrogens (tertiary/aromatic N) is 4. The van der Waals surface area contributed by atoms with Crippen LogP contribution < -0.4 is 0 Å². The van der Waals surface area contributed by atoms with Gasteiger partial charge in [-0.1, -0.05) is 22.0 Å². The van der Waals surface area contributed by atoms with E-state index < -0.39 is 0 Å². The van der Waals surface area contributed by atoms with Crippen LogP contribution in [-0.2, 0) is 0 Å². The van der Waals surface area contributed by atoms with Gasteiger partial charge < -0.3 is 0 Å². The predicted octanol–water partition coefficient (Wildman–Crippen LogP) is 1.99. The molecule has 4 rings (SSSR count). The molecule has 0 N–H and O–H groups in total. The third kappa shape index (κ3) is 1.14. The first-order chi connectivity index (χ1) is 8.74. The lowest BCUT2D eigenvalue weighted by molar-refractivity contribution is 0.103. The minimum Gasteiger partial charge on any atom is -0.287 e. The molecule has 2 aromatic heterocycles. The van der Waals surface area contributed by atoms with E-state index in [1.807, 2.05) is 12.1 Å². The van der Waals surface area contributed by atoms with E-state index >= 15 is 0 Å². The maximum Gasteiger partial charge on any atom is 0.244 e. The van der Waals surface area contributed by atoms with Gasteiger partial charge in [-0.05, 0) is 22.4 Å². The Morgan fingerprint density at radius 3 is 2.50 bits per heavy atom. The Hall–Kier alpha value is -2.15. The lowest BCUT2D eigenvalue weighted by Crippen LogP contribution is -1.99. The van der Waals surface area contributed by atoms with Gasteiger partial charge in [-0.25, -0.2) is 14.6 Å². The van der Waals surface area contributed by atoms with Crippen molar-refractivity contribution >= 4 is 33.0 Å². The summed E-state index contributed by atoms with van der Waals surface area (Å²) in [5.41, 5.74) is 2.72. The number of halogens is 1. The molecule has 0 saturated heterocycles. The summed E-state index contributed by atoms with van der Waals surface area (Å²) in [5, 5.41) is 7.22. The summed E-state index contributed by atoms with van der Waals surface area (Å²) in [6.45, 7) is 0. The van der Waals surface area contributed by atoms with E-state index in [0.29, 0.717) is 22.6 Å². The second-order valence-electron chi connectivity index (χ2n) is 3.85. The van der Waals surface area contributed by atoms with Crippen LogP contribution in [0.15, 0.2) is 27.3 Å². The first-order valence-electron chi connectivity index (χ1n) is 5.09. The molecule has 1 aromatic carbocycles. The molecule has 3 aromatic rings. The summed E-state index contributed by atoms with van der Waals surface area (Å²) >= 11 is 3.34. The zero-order chi connectivity index (χ0) is 12.3. The number of aromatic nitrogens is 4. The standard InChI is InChI=1S/C11H3BrN4O2/c12-4-1-2-5-6(3-4)9(17)8-7(5)13-10-11(14-8)16-18-15-10/h1-3H. The Labute approximate surface area is 108 Å². The molecule has 0 unspecified atom stereocenters. The molecule has 0 bridgehead atoms. The largest absolute Gasteiger partial charge is 0.287 e. The molecular formula is C11H3BrN4O2. The van der Waals surface area contributed by atoms with E-state index in [9.17, 15) is 4.79 Å². The van der Waals surface area contributed by atoms with E-state index in [4.69, 9.17) is 0 Å². The van der Waals surface area contributed by atoms with Crippen molar-refractivity contribution in [3.8, 4) is 11.3 Å². The van der Waals surface area contributed by atoms with E-state index in [2.05, 4.69) is 40.8 Å². The van der Waals surface area contributed by atoms with Crippen LogP contribution in [0.3, 0.4) is 0 Å². The first-order valence-corrected chi connectivity index (χ1v) is 5.88. The molecule has 6 nitrogen and oxygen atoms in total. The number of carbonyl (C=O) groups is 1. The number of benzene rings is 1. The fraction of sp³-hybridized carbons (Fsp3) is 0. The van der Waals surface area contributed by atoms with Gasteiger partial charge in [0.2, 0.25) is 17.1 Å². The Morgan fingerprint density at radius 1 is 1.00 bits per heavy atom. The van der Waals surface area contributed by atoms with Crippen LogP contribution in [0.2, 0.25) is 0 Å². The van der Waals surface area contributed by atoms with Gasteiger partial charge in [-0.2, -0.15) is 0 Å². The SMILES string of the molecule is O=C1c2cc(Br)ccc2-c2nc3nonc3nc21.